The van der Waals surface area contributed by atoms with Gasteiger partial charge in [0.2, 0.25) is 0 Å². The number of aromatic nitrogens is 2. The predicted molar refractivity (Wildman–Crippen MR) is 76.3 cm³/mol. The molecule has 0 saturated heterocycles. The number of carbonyl (C=O) groups is 1. The van der Waals surface area contributed by atoms with Crippen LogP contribution in [-0.2, 0) is 7.05 Å². The molecule has 0 bridgehead atoms. The topological polar surface area (TPSA) is 65.4 Å². The number of ether oxygens (including phenoxy) is 2. The maximum atomic E-state index is 12.2. The van der Waals surface area contributed by atoms with Gasteiger partial charge in [-0.25, -0.2) is 0 Å². The predicted octanol–water partition coefficient (Wildman–Crippen LogP) is 2.21. The first-order valence-electron chi connectivity index (χ1n) is 6.03. The van der Waals surface area contributed by atoms with Crippen molar-refractivity contribution in [3.05, 3.63) is 34.4 Å². The number of aryl methyl sites for hydroxylation is 1. The van der Waals surface area contributed by atoms with Crippen LogP contribution in [0.4, 0.5) is 5.82 Å². The summed E-state index contributed by atoms with van der Waals surface area (Å²) in [5.41, 5.74) is 0.478. The number of carbonyl (C=O) groups excluding carboxylic acids is 1. The highest BCUT2D eigenvalue weighted by molar-refractivity contribution is 9.10. The van der Waals surface area contributed by atoms with Crippen LogP contribution in [0.2, 0.25) is 0 Å². The van der Waals surface area contributed by atoms with Crippen molar-refractivity contribution in [3.63, 3.8) is 0 Å². The molecule has 0 saturated carbocycles. The number of nitrogens with one attached hydrogen (secondary N) is 1. The fraction of sp³-hybridized carbons (Fsp3) is 0.231. The van der Waals surface area contributed by atoms with Gasteiger partial charge in [-0.2, -0.15) is 5.10 Å². The number of halogens is 1. The molecular formula is C13H12BrN3O3. The first-order chi connectivity index (χ1) is 9.63. The first kappa shape index (κ1) is 13.0. The van der Waals surface area contributed by atoms with Crippen molar-refractivity contribution in [1.29, 1.82) is 0 Å². The van der Waals surface area contributed by atoms with Gasteiger partial charge in [-0.3, -0.25) is 9.48 Å². The number of rotatable bonds is 2. The summed E-state index contributed by atoms with van der Waals surface area (Å²) in [5, 5.41) is 6.83. The van der Waals surface area contributed by atoms with Gasteiger partial charge in [0, 0.05) is 24.9 Å². The van der Waals surface area contributed by atoms with Crippen molar-refractivity contribution in [2.75, 3.05) is 18.5 Å². The van der Waals surface area contributed by atoms with E-state index >= 15 is 0 Å². The molecule has 0 radical (unpaired) electrons. The zero-order chi connectivity index (χ0) is 14.1. The van der Waals surface area contributed by atoms with Crippen LogP contribution in [0.3, 0.4) is 0 Å². The van der Waals surface area contributed by atoms with Crippen molar-refractivity contribution in [3.8, 4) is 11.5 Å². The standard InChI is InChI=1S/C13H12BrN3O3/c1-17-3-2-11(16-17)15-13(18)8-6-9(14)12-10(7-8)19-4-5-20-12/h2-3,6-7H,4-5H2,1H3,(H,15,16,18). The third-order valence-corrected chi connectivity index (χ3v) is 3.40. The highest BCUT2D eigenvalue weighted by atomic mass is 79.9. The number of amides is 1. The minimum Gasteiger partial charge on any atom is -0.486 e. The van der Waals surface area contributed by atoms with Gasteiger partial charge >= 0.3 is 0 Å². The lowest BCUT2D eigenvalue weighted by Crippen LogP contribution is -2.18. The van der Waals surface area contributed by atoms with E-state index in [-0.39, 0.29) is 5.91 Å². The van der Waals surface area contributed by atoms with Gasteiger partial charge in [0.05, 0.1) is 4.47 Å². The minimum atomic E-state index is -0.249. The van der Waals surface area contributed by atoms with Gasteiger partial charge in [-0.05, 0) is 28.1 Å². The molecule has 0 unspecified atom stereocenters. The Labute approximate surface area is 123 Å². The fourth-order valence-electron chi connectivity index (χ4n) is 1.91. The molecule has 3 rings (SSSR count). The van der Waals surface area contributed by atoms with E-state index in [1.54, 1.807) is 36.1 Å². The van der Waals surface area contributed by atoms with Crippen molar-refractivity contribution >= 4 is 27.7 Å². The van der Waals surface area contributed by atoms with Gasteiger partial charge in [0.25, 0.3) is 5.91 Å². The van der Waals surface area contributed by atoms with Gasteiger partial charge < -0.3 is 14.8 Å². The molecule has 1 aliphatic rings. The molecule has 0 fully saturated rings. The second-order valence-corrected chi connectivity index (χ2v) is 5.17. The van der Waals surface area contributed by atoms with Crippen LogP contribution < -0.4 is 14.8 Å². The van der Waals surface area contributed by atoms with Crippen LogP contribution in [0, 0.1) is 0 Å². The monoisotopic (exact) mass is 337 g/mol. The molecule has 1 aliphatic heterocycles. The Morgan fingerprint density at radius 1 is 1.40 bits per heavy atom. The zero-order valence-corrected chi connectivity index (χ0v) is 12.3. The maximum Gasteiger partial charge on any atom is 0.257 e. The van der Waals surface area contributed by atoms with Crippen LogP contribution in [0.15, 0.2) is 28.9 Å². The average Bonchev–Trinajstić information content (AvgIpc) is 2.84. The highest BCUT2D eigenvalue weighted by Gasteiger charge is 2.19. The summed E-state index contributed by atoms with van der Waals surface area (Å²) < 4.78 is 13.3. The number of nitrogens with zero attached hydrogens (tertiary/aromatic N) is 2. The number of anilines is 1. The average molecular weight is 338 g/mol. The number of fused-ring (bicyclic) bond motifs is 1. The Bertz CT molecular complexity index is 669. The molecule has 1 amide bonds. The molecule has 1 N–H and O–H groups in total. The van der Waals surface area contributed by atoms with Crippen LogP contribution >= 0.6 is 15.9 Å². The third kappa shape index (κ3) is 2.49. The summed E-state index contributed by atoms with van der Waals surface area (Å²) in [5.74, 6) is 1.45. The van der Waals surface area contributed by atoms with Gasteiger partial charge in [-0.1, -0.05) is 0 Å². The molecule has 1 aromatic heterocycles. The molecule has 20 heavy (non-hydrogen) atoms. The summed E-state index contributed by atoms with van der Waals surface area (Å²) in [4.78, 5) is 12.2. The lowest BCUT2D eigenvalue weighted by molar-refractivity contribution is 0.102. The Morgan fingerprint density at radius 2 is 2.20 bits per heavy atom. The summed E-state index contributed by atoms with van der Waals surface area (Å²) in [6.45, 7) is 0.982. The molecule has 104 valence electrons. The molecule has 2 heterocycles. The molecule has 0 aliphatic carbocycles. The van der Waals surface area contributed by atoms with Crippen LogP contribution in [0.1, 0.15) is 10.4 Å². The summed E-state index contributed by atoms with van der Waals surface area (Å²) in [6, 6.07) is 5.09. The van der Waals surface area contributed by atoms with E-state index in [9.17, 15) is 4.79 Å². The smallest absolute Gasteiger partial charge is 0.257 e. The van der Waals surface area contributed by atoms with E-state index in [0.29, 0.717) is 40.6 Å². The SMILES string of the molecule is Cn1ccc(NC(=O)c2cc(Br)c3c(c2)OCCO3)n1. The highest BCUT2D eigenvalue weighted by Crippen LogP contribution is 2.38. The summed E-state index contributed by atoms with van der Waals surface area (Å²) >= 11 is 3.39. The molecular weight excluding hydrogens is 326 g/mol. The Morgan fingerprint density at radius 3 is 2.95 bits per heavy atom. The molecule has 1 aromatic carbocycles. The lowest BCUT2D eigenvalue weighted by atomic mass is 10.2. The van der Waals surface area contributed by atoms with E-state index in [1.807, 2.05) is 0 Å². The Hall–Kier alpha value is -2.02. The minimum absolute atomic E-state index is 0.249. The van der Waals surface area contributed by atoms with Gasteiger partial charge in [-0.15, -0.1) is 0 Å². The second kappa shape index (κ2) is 5.16. The first-order valence-corrected chi connectivity index (χ1v) is 6.83. The van der Waals surface area contributed by atoms with Crippen LogP contribution in [0.25, 0.3) is 0 Å². The normalized spacial score (nSPS) is 13.1. The van der Waals surface area contributed by atoms with Crippen LogP contribution in [0.5, 0.6) is 11.5 Å². The van der Waals surface area contributed by atoms with Crippen LogP contribution in [-0.4, -0.2) is 28.9 Å². The second-order valence-electron chi connectivity index (χ2n) is 4.31. The fourth-order valence-corrected chi connectivity index (χ4v) is 2.47. The summed E-state index contributed by atoms with van der Waals surface area (Å²) in [6.07, 6.45) is 1.76. The van der Waals surface area contributed by atoms with Gasteiger partial charge in [0.1, 0.15) is 13.2 Å². The van der Waals surface area contributed by atoms with E-state index in [4.69, 9.17) is 9.47 Å². The quantitative estimate of drug-likeness (QED) is 0.912. The van der Waals surface area contributed by atoms with E-state index in [0.717, 1.165) is 0 Å². The van der Waals surface area contributed by atoms with Gasteiger partial charge in [0.15, 0.2) is 17.3 Å². The number of benzene rings is 1. The molecule has 0 atom stereocenters. The third-order valence-electron chi connectivity index (χ3n) is 2.81. The number of hydrogen-bond acceptors (Lipinski definition) is 4. The van der Waals surface area contributed by atoms with Crippen molar-refractivity contribution < 1.29 is 14.3 Å². The van der Waals surface area contributed by atoms with Crippen molar-refractivity contribution in [2.45, 2.75) is 0 Å². The van der Waals surface area contributed by atoms with Crippen molar-refractivity contribution in [2.24, 2.45) is 7.05 Å². The van der Waals surface area contributed by atoms with E-state index in [1.165, 1.54) is 0 Å². The molecule has 6 nitrogen and oxygen atoms in total. The maximum absolute atomic E-state index is 12.2. The molecule has 2 aromatic rings. The van der Waals surface area contributed by atoms with Crippen molar-refractivity contribution in [1.82, 2.24) is 9.78 Å². The zero-order valence-electron chi connectivity index (χ0n) is 10.7. The Kier molecular flexibility index (Phi) is 3.35. The lowest BCUT2D eigenvalue weighted by Gasteiger charge is -2.20. The van der Waals surface area contributed by atoms with E-state index in [2.05, 4.69) is 26.3 Å². The van der Waals surface area contributed by atoms with E-state index < -0.39 is 0 Å². The largest absolute Gasteiger partial charge is 0.486 e. The molecule has 0 spiro atoms. The Balaban J connectivity index is 1.86. The summed E-state index contributed by atoms with van der Waals surface area (Å²) in [7, 11) is 1.79. The number of hydrogen-bond donors (Lipinski definition) is 1. The molecule has 7 heteroatoms.